The van der Waals surface area contributed by atoms with E-state index in [0.717, 1.165) is 48.2 Å². The Kier molecular flexibility index (Phi) is 20.8. The van der Waals surface area contributed by atoms with Gasteiger partial charge in [-0.25, -0.2) is 28.6 Å². The second kappa shape index (κ2) is 24.0. The molecule has 0 radical (unpaired) electrons. The maximum atomic E-state index is 12.7. The number of phosphoric acid groups is 3. The number of nitrogens with two attached hydrogens (primary N) is 1. The van der Waals surface area contributed by atoms with E-state index in [-0.39, 0.29) is 41.6 Å². The van der Waals surface area contributed by atoms with Crippen LogP contribution in [0.3, 0.4) is 0 Å². The van der Waals surface area contributed by atoms with Crippen LogP contribution in [0.25, 0.3) is 11.2 Å². The number of ether oxygens (including phenoxy) is 1. The summed E-state index contributed by atoms with van der Waals surface area (Å²) in [4.78, 5) is 88.1. The minimum atomic E-state index is -5.57. The van der Waals surface area contributed by atoms with Gasteiger partial charge in [-0.2, -0.15) is 4.31 Å². The number of carbonyl (C=O) groups excluding carboxylic acids is 3. The summed E-state index contributed by atoms with van der Waals surface area (Å²) in [7, 11) is -16.4. The SMILES string of the molecule is CCCCCC(C)CCCCC(=O)SCCNC(=O)CCNC(=O)C(O)C(C)(C)COP(=O)(O)OP(=O)(O)OCC1OC(n2cnc3c(N)ncnc32)C(O)C1OP(=O)(O)O. The van der Waals surface area contributed by atoms with Gasteiger partial charge in [0.05, 0.1) is 19.5 Å². The van der Waals surface area contributed by atoms with E-state index >= 15 is 0 Å². The zero-order valence-electron chi connectivity index (χ0n) is 34.3. The lowest BCUT2D eigenvalue weighted by Crippen LogP contribution is -2.46. The Morgan fingerprint density at radius 1 is 0.984 bits per heavy atom. The highest BCUT2D eigenvalue weighted by atomic mass is 32.2. The molecule has 1 fully saturated rings. The van der Waals surface area contributed by atoms with Gasteiger partial charge in [-0.15, -0.1) is 0 Å². The largest absolute Gasteiger partial charge is 0.481 e. The molecule has 61 heavy (non-hydrogen) atoms. The van der Waals surface area contributed by atoms with Crippen LogP contribution in [0.1, 0.15) is 91.7 Å². The summed E-state index contributed by atoms with van der Waals surface area (Å²) in [5.74, 6) is -0.379. The van der Waals surface area contributed by atoms with Crippen LogP contribution >= 0.6 is 35.2 Å². The molecule has 1 saturated heterocycles. The Balaban J connectivity index is 1.40. The number of fused-ring (bicyclic) bond motifs is 1. The van der Waals surface area contributed by atoms with E-state index in [1.54, 1.807) is 0 Å². The predicted octanol–water partition coefficient (Wildman–Crippen LogP) is 2.44. The number of hydrogen-bond donors (Lipinski definition) is 9. The van der Waals surface area contributed by atoms with Crippen LogP contribution in [0.4, 0.5) is 5.82 Å². The quantitative estimate of drug-likeness (QED) is 0.0437. The number of rotatable bonds is 28. The van der Waals surface area contributed by atoms with E-state index < -0.39 is 84.6 Å². The molecule has 8 atom stereocenters. The molecule has 8 unspecified atom stereocenters. The van der Waals surface area contributed by atoms with E-state index in [4.69, 9.17) is 19.5 Å². The first-order chi connectivity index (χ1) is 28.4. The first-order valence-corrected chi connectivity index (χ1v) is 25.0. The highest BCUT2D eigenvalue weighted by molar-refractivity contribution is 8.13. The second-order valence-electron chi connectivity index (χ2n) is 15.1. The number of nitrogens with one attached hydrogen (secondary N) is 2. The van der Waals surface area contributed by atoms with Crippen LogP contribution in [-0.4, -0.2) is 123 Å². The van der Waals surface area contributed by atoms with Gasteiger partial charge < -0.3 is 50.9 Å². The van der Waals surface area contributed by atoms with Crippen molar-refractivity contribution < 1.29 is 80.5 Å². The first kappa shape index (κ1) is 52.9. The molecule has 0 aliphatic carbocycles. The molecule has 3 rings (SSSR count). The number of hydrogen-bond acceptors (Lipinski definition) is 18. The number of phosphoric ester groups is 3. The van der Waals surface area contributed by atoms with Gasteiger partial charge in [-0.1, -0.05) is 78.0 Å². The molecule has 2 aromatic heterocycles. The van der Waals surface area contributed by atoms with Gasteiger partial charge in [-0.05, 0) is 12.3 Å². The molecule has 348 valence electrons. The second-order valence-corrected chi connectivity index (χ2v) is 20.5. The number of nitrogen functional groups attached to an aromatic ring is 1. The van der Waals surface area contributed by atoms with E-state index in [1.165, 1.54) is 39.5 Å². The fourth-order valence-electron chi connectivity index (χ4n) is 6.02. The third-order valence-electron chi connectivity index (χ3n) is 9.39. The van der Waals surface area contributed by atoms with Crippen LogP contribution in [0.15, 0.2) is 12.7 Å². The Morgan fingerprint density at radius 2 is 1.66 bits per heavy atom. The minimum absolute atomic E-state index is 0.0329. The number of imidazole rings is 1. The standard InChI is InChI=1S/C33H58N7O17P3S/c1-5-6-7-10-21(2)11-8-9-12-24(42)61-16-15-35-23(41)13-14-36-31(45)28(44)33(3,4)18-54-60(51,52)57-59(49,50)53-17-22-27(56-58(46,47)48)26(43)32(55-22)40-20-39-25-29(34)37-19-38-30(25)40/h19-22,26-28,32,43-44H,5-18H2,1-4H3,(H,35,41)(H,36,45)(H,49,50)(H,51,52)(H2,34,37,38)(H2,46,47,48). The van der Waals surface area contributed by atoms with Crippen LogP contribution in [-0.2, 0) is 50.7 Å². The van der Waals surface area contributed by atoms with Crippen molar-refractivity contribution in [3.8, 4) is 0 Å². The van der Waals surface area contributed by atoms with Crippen molar-refractivity contribution in [3.63, 3.8) is 0 Å². The summed E-state index contributed by atoms with van der Waals surface area (Å²) in [6, 6.07) is 0. The molecule has 1 aliphatic heterocycles. The van der Waals surface area contributed by atoms with Crippen molar-refractivity contribution >= 4 is 69.1 Å². The van der Waals surface area contributed by atoms with E-state index in [0.29, 0.717) is 18.1 Å². The molecule has 24 nitrogen and oxygen atoms in total. The van der Waals surface area contributed by atoms with Crippen molar-refractivity contribution in [2.75, 3.05) is 37.8 Å². The number of aliphatic hydroxyl groups excluding tert-OH is 2. The molecule has 0 spiro atoms. The predicted molar refractivity (Wildman–Crippen MR) is 219 cm³/mol. The number of aliphatic hydroxyl groups is 2. The van der Waals surface area contributed by atoms with Crippen molar-refractivity contribution in [2.45, 2.75) is 116 Å². The van der Waals surface area contributed by atoms with Gasteiger partial charge in [0.25, 0.3) is 0 Å². The third-order valence-corrected chi connectivity index (χ3v) is 13.4. The maximum absolute atomic E-state index is 12.7. The van der Waals surface area contributed by atoms with E-state index in [9.17, 15) is 57.9 Å². The summed E-state index contributed by atoms with van der Waals surface area (Å²) < 4.78 is 62.3. The molecule has 1 aliphatic rings. The Labute approximate surface area is 356 Å². The fraction of sp³-hybridized carbons (Fsp3) is 0.758. The number of amides is 2. The highest BCUT2D eigenvalue weighted by Crippen LogP contribution is 2.61. The van der Waals surface area contributed by atoms with Crippen LogP contribution in [0, 0.1) is 11.3 Å². The van der Waals surface area contributed by atoms with Crippen LogP contribution in [0.2, 0.25) is 0 Å². The Morgan fingerprint density at radius 3 is 2.33 bits per heavy atom. The molecule has 28 heteroatoms. The average Bonchev–Trinajstić information content (AvgIpc) is 3.73. The number of thioether (sulfide) groups is 1. The van der Waals surface area contributed by atoms with Crippen molar-refractivity contribution in [1.29, 1.82) is 0 Å². The van der Waals surface area contributed by atoms with E-state index in [2.05, 4.69) is 48.3 Å². The molecule has 3 heterocycles. The summed E-state index contributed by atoms with van der Waals surface area (Å²) in [6.07, 6.45) is 1.40. The molecule has 10 N–H and O–H groups in total. The molecule has 2 aromatic rings. The fourth-order valence-corrected chi connectivity index (χ4v) is 9.57. The van der Waals surface area contributed by atoms with E-state index in [1.807, 2.05) is 0 Å². The molecular formula is C33H58N7O17P3S. The molecule has 2 amide bonds. The third kappa shape index (κ3) is 17.9. The molecule has 0 aromatic carbocycles. The zero-order valence-corrected chi connectivity index (χ0v) is 37.8. The van der Waals surface area contributed by atoms with Crippen molar-refractivity contribution in [2.24, 2.45) is 11.3 Å². The number of nitrogens with zero attached hydrogens (tertiary/aromatic N) is 4. The van der Waals surface area contributed by atoms with Crippen LogP contribution < -0.4 is 16.4 Å². The van der Waals surface area contributed by atoms with Crippen molar-refractivity contribution in [3.05, 3.63) is 12.7 Å². The van der Waals surface area contributed by atoms with Gasteiger partial charge in [0.2, 0.25) is 11.8 Å². The minimum Gasteiger partial charge on any atom is -0.386 e. The number of unbranched alkanes of at least 4 members (excludes halogenated alkanes) is 3. The van der Waals surface area contributed by atoms with Gasteiger partial charge in [0.1, 0.15) is 36.3 Å². The summed E-state index contributed by atoms with van der Waals surface area (Å²) in [6.45, 7) is 4.99. The average molecular weight is 950 g/mol. The lowest BCUT2D eigenvalue weighted by molar-refractivity contribution is -0.137. The smallest absolute Gasteiger partial charge is 0.386 e. The molecule has 0 saturated carbocycles. The van der Waals surface area contributed by atoms with Gasteiger partial charge >= 0.3 is 23.5 Å². The number of carbonyl (C=O) groups is 3. The summed E-state index contributed by atoms with van der Waals surface area (Å²) in [5, 5.41) is 26.6. The lowest BCUT2D eigenvalue weighted by Gasteiger charge is -2.30. The Hall–Kier alpha value is -2.44. The molecular weight excluding hydrogens is 891 g/mol. The maximum Gasteiger partial charge on any atom is 0.481 e. The number of anilines is 1. The topological polar surface area (TPSA) is 364 Å². The van der Waals surface area contributed by atoms with Gasteiger partial charge in [0.15, 0.2) is 22.8 Å². The lowest BCUT2D eigenvalue weighted by atomic mass is 9.87. The van der Waals surface area contributed by atoms with Gasteiger partial charge in [0, 0.05) is 37.1 Å². The number of aromatic nitrogens is 4. The normalized spacial score (nSPS) is 21.4. The Bertz CT molecular complexity index is 1910. The first-order valence-electron chi connectivity index (χ1n) is 19.5. The molecule has 0 bridgehead atoms. The van der Waals surface area contributed by atoms with Crippen molar-refractivity contribution in [1.82, 2.24) is 30.2 Å². The monoisotopic (exact) mass is 949 g/mol. The van der Waals surface area contributed by atoms with Gasteiger partial charge in [-0.3, -0.25) is 32.5 Å². The highest BCUT2D eigenvalue weighted by Gasteiger charge is 2.50. The zero-order chi connectivity index (χ0) is 45.6. The summed E-state index contributed by atoms with van der Waals surface area (Å²) >= 11 is 1.15. The summed E-state index contributed by atoms with van der Waals surface area (Å²) in [5.41, 5.74) is 4.28. The van der Waals surface area contributed by atoms with Crippen LogP contribution in [0.5, 0.6) is 0 Å².